The van der Waals surface area contributed by atoms with E-state index in [1.807, 2.05) is 36.5 Å². The van der Waals surface area contributed by atoms with E-state index in [4.69, 9.17) is 5.73 Å². The number of rotatable bonds is 5. The summed E-state index contributed by atoms with van der Waals surface area (Å²) < 4.78 is 0. The Kier molecular flexibility index (Phi) is 7.37. The number of likely N-dealkylation sites (N-methyl/N-ethyl adjacent to an activating group) is 1. The Morgan fingerprint density at radius 2 is 2.00 bits per heavy atom. The lowest BCUT2D eigenvalue weighted by Gasteiger charge is -2.19. The van der Waals surface area contributed by atoms with Gasteiger partial charge in [0.25, 0.3) is 0 Å². The third kappa shape index (κ3) is 6.48. The average molecular weight is 477 g/mol. The van der Waals surface area contributed by atoms with Crippen molar-refractivity contribution in [3.05, 3.63) is 53.9 Å². The number of aliphatic hydroxyl groups is 1. The normalized spacial score (nSPS) is 14.9. The average Bonchev–Trinajstić information content (AvgIpc) is 3.19. The first kappa shape index (κ1) is 24.0. The van der Waals surface area contributed by atoms with Crippen LogP contribution in [-0.2, 0) is 6.54 Å². The van der Waals surface area contributed by atoms with E-state index in [0.29, 0.717) is 12.4 Å². The van der Waals surface area contributed by atoms with Crippen LogP contribution in [-0.4, -0.2) is 58.8 Å². The second kappa shape index (κ2) is 10.4. The quantitative estimate of drug-likeness (QED) is 0.484. The van der Waals surface area contributed by atoms with Gasteiger partial charge in [0.2, 0.25) is 0 Å². The number of nitrogens with one attached hydrogen (secondary N) is 1. The fraction of sp³-hybridized carbons (Fsp3) is 0.385. The standard InChI is InChI=1S/C26H32N6OS/c1-26(2,33)9-8-19-6-4-7-20(14-19)16-28-22-15-21(17-29-24(22)27)23-18-30-25(34-23)32-11-5-10-31(3)12-13-32/h4,6-7,14-15,17-18,28,33H,5,10-13,16H2,1-3H3,(H2,27,29). The molecule has 1 aliphatic rings. The minimum absolute atomic E-state index is 0.460. The summed E-state index contributed by atoms with van der Waals surface area (Å²) in [6, 6.07) is 9.97. The van der Waals surface area contributed by atoms with Gasteiger partial charge < -0.3 is 26.0 Å². The van der Waals surface area contributed by atoms with Crippen LogP contribution in [0.4, 0.5) is 16.6 Å². The fourth-order valence-corrected chi connectivity index (χ4v) is 4.66. The lowest BCUT2D eigenvalue weighted by molar-refractivity contribution is 0.143. The molecule has 1 fully saturated rings. The highest BCUT2D eigenvalue weighted by Gasteiger charge is 2.16. The van der Waals surface area contributed by atoms with E-state index in [1.165, 1.54) is 0 Å². The number of hydrogen-bond donors (Lipinski definition) is 3. The second-order valence-corrected chi connectivity index (χ2v) is 10.2. The molecule has 0 atom stereocenters. The molecule has 0 bridgehead atoms. The molecule has 34 heavy (non-hydrogen) atoms. The summed E-state index contributed by atoms with van der Waals surface area (Å²) in [5.74, 6) is 6.33. The molecule has 0 spiro atoms. The van der Waals surface area contributed by atoms with Gasteiger partial charge in [0.15, 0.2) is 5.13 Å². The van der Waals surface area contributed by atoms with Crippen LogP contribution in [0.1, 0.15) is 31.4 Å². The van der Waals surface area contributed by atoms with Crippen molar-refractivity contribution in [3.8, 4) is 22.3 Å². The summed E-state index contributed by atoms with van der Waals surface area (Å²) in [6.07, 6.45) is 4.88. The van der Waals surface area contributed by atoms with Crippen molar-refractivity contribution in [1.82, 2.24) is 14.9 Å². The maximum Gasteiger partial charge on any atom is 0.185 e. The monoisotopic (exact) mass is 476 g/mol. The van der Waals surface area contributed by atoms with E-state index in [1.54, 1.807) is 31.4 Å². The first-order valence-electron chi connectivity index (χ1n) is 11.5. The van der Waals surface area contributed by atoms with Gasteiger partial charge in [-0.25, -0.2) is 9.97 Å². The Balaban J connectivity index is 1.46. The second-order valence-electron chi connectivity index (χ2n) is 9.17. The number of aromatic nitrogens is 2. The van der Waals surface area contributed by atoms with Gasteiger partial charge in [0.05, 0.1) is 10.6 Å². The molecule has 4 N–H and O–H groups in total. The number of nitrogens with two attached hydrogens (primary N) is 1. The van der Waals surface area contributed by atoms with Gasteiger partial charge in [-0.1, -0.05) is 35.3 Å². The van der Waals surface area contributed by atoms with E-state index in [2.05, 4.69) is 44.0 Å². The molecule has 3 aromatic rings. The number of thiazole rings is 1. The Morgan fingerprint density at radius 3 is 2.82 bits per heavy atom. The third-order valence-electron chi connectivity index (χ3n) is 5.61. The third-order valence-corrected chi connectivity index (χ3v) is 6.72. The molecule has 8 heteroatoms. The number of nitrogens with zero attached hydrogens (tertiary/aromatic N) is 4. The summed E-state index contributed by atoms with van der Waals surface area (Å²) >= 11 is 1.69. The van der Waals surface area contributed by atoms with Crippen molar-refractivity contribution >= 4 is 28.0 Å². The maximum atomic E-state index is 9.83. The molecule has 0 unspecified atom stereocenters. The van der Waals surface area contributed by atoms with Crippen molar-refractivity contribution < 1.29 is 5.11 Å². The summed E-state index contributed by atoms with van der Waals surface area (Å²) in [6.45, 7) is 8.14. The molecule has 0 amide bonds. The predicted octanol–water partition coefficient (Wildman–Crippen LogP) is 3.66. The van der Waals surface area contributed by atoms with Gasteiger partial charge in [-0.2, -0.15) is 0 Å². The van der Waals surface area contributed by atoms with Crippen LogP contribution in [0.15, 0.2) is 42.7 Å². The van der Waals surface area contributed by atoms with Crippen molar-refractivity contribution in [2.45, 2.75) is 32.4 Å². The van der Waals surface area contributed by atoms with Crippen LogP contribution in [0.25, 0.3) is 10.4 Å². The van der Waals surface area contributed by atoms with Crippen LogP contribution in [0.2, 0.25) is 0 Å². The van der Waals surface area contributed by atoms with Crippen LogP contribution >= 0.6 is 11.3 Å². The number of hydrogen-bond acceptors (Lipinski definition) is 8. The van der Waals surface area contributed by atoms with E-state index < -0.39 is 5.60 Å². The molecule has 1 saturated heterocycles. The molecule has 2 aromatic heterocycles. The molecule has 3 heterocycles. The topological polar surface area (TPSA) is 90.5 Å². The van der Waals surface area contributed by atoms with Crippen LogP contribution in [0.3, 0.4) is 0 Å². The highest BCUT2D eigenvalue weighted by Crippen LogP contribution is 2.33. The van der Waals surface area contributed by atoms with Crippen molar-refractivity contribution in [2.75, 3.05) is 49.2 Å². The zero-order valence-electron chi connectivity index (χ0n) is 20.0. The molecular weight excluding hydrogens is 444 g/mol. The van der Waals surface area contributed by atoms with Crippen LogP contribution in [0.5, 0.6) is 0 Å². The van der Waals surface area contributed by atoms with E-state index in [0.717, 1.165) is 65.0 Å². The largest absolute Gasteiger partial charge is 0.382 e. The molecule has 0 radical (unpaired) electrons. The van der Waals surface area contributed by atoms with Gasteiger partial charge >= 0.3 is 0 Å². The smallest absolute Gasteiger partial charge is 0.185 e. The highest BCUT2D eigenvalue weighted by atomic mass is 32.1. The first-order valence-corrected chi connectivity index (χ1v) is 12.3. The predicted molar refractivity (Wildman–Crippen MR) is 141 cm³/mol. The molecule has 1 aromatic carbocycles. The summed E-state index contributed by atoms with van der Waals surface area (Å²) in [5.41, 5.74) is 8.86. The Bertz CT molecular complexity index is 1190. The van der Waals surface area contributed by atoms with Gasteiger partial charge in [-0.3, -0.25) is 0 Å². The Labute approximate surface area is 205 Å². The SMILES string of the molecule is CN1CCCN(c2ncc(-c3cnc(N)c(NCc4cccc(C#CC(C)(C)O)c4)c3)s2)CC1. The van der Waals surface area contributed by atoms with Gasteiger partial charge in [-0.15, -0.1) is 0 Å². The van der Waals surface area contributed by atoms with Gasteiger partial charge in [-0.05, 0) is 57.6 Å². The molecular formula is C26H32N6OS. The van der Waals surface area contributed by atoms with Crippen molar-refractivity contribution in [3.63, 3.8) is 0 Å². The van der Waals surface area contributed by atoms with E-state index in [9.17, 15) is 5.11 Å². The van der Waals surface area contributed by atoms with Gasteiger partial charge in [0.1, 0.15) is 11.4 Å². The van der Waals surface area contributed by atoms with Crippen LogP contribution in [0, 0.1) is 11.8 Å². The summed E-state index contributed by atoms with van der Waals surface area (Å²) in [5, 5.41) is 14.3. The molecule has 178 valence electrons. The van der Waals surface area contributed by atoms with Crippen LogP contribution < -0.4 is 16.0 Å². The van der Waals surface area contributed by atoms with E-state index >= 15 is 0 Å². The minimum atomic E-state index is -1.02. The first-order chi connectivity index (χ1) is 16.3. The van der Waals surface area contributed by atoms with E-state index in [-0.39, 0.29) is 0 Å². The lowest BCUT2D eigenvalue weighted by atomic mass is 10.1. The fourth-order valence-electron chi connectivity index (χ4n) is 3.72. The molecule has 0 saturated carbocycles. The number of anilines is 3. The number of benzene rings is 1. The zero-order chi connectivity index (χ0) is 24.1. The highest BCUT2D eigenvalue weighted by molar-refractivity contribution is 7.18. The molecule has 0 aliphatic carbocycles. The summed E-state index contributed by atoms with van der Waals surface area (Å²) in [4.78, 5) is 14.9. The maximum absolute atomic E-state index is 9.83. The lowest BCUT2D eigenvalue weighted by Crippen LogP contribution is -2.28. The minimum Gasteiger partial charge on any atom is -0.382 e. The Hall–Kier alpha value is -3.12. The Morgan fingerprint density at radius 1 is 1.15 bits per heavy atom. The molecule has 4 rings (SSSR count). The van der Waals surface area contributed by atoms with Gasteiger partial charge in [0, 0.05) is 49.7 Å². The van der Waals surface area contributed by atoms with Crippen molar-refractivity contribution in [1.29, 1.82) is 0 Å². The number of nitrogen functional groups attached to an aromatic ring is 1. The molecule has 7 nitrogen and oxygen atoms in total. The zero-order valence-corrected chi connectivity index (χ0v) is 20.8. The number of pyridine rings is 1. The summed E-state index contributed by atoms with van der Waals surface area (Å²) in [7, 11) is 2.17. The molecule has 1 aliphatic heterocycles. The van der Waals surface area contributed by atoms with Crippen molar-refractivity contribution in [2.24, 2.45) is 0 Å².